The Labute approximate surface area is 130 Å². The second kappa shape index (κ2) is 7.98. The number of hydrogen-bond donors (Lipinski definition) is 1. The zero-order valence-electron chi connectivity index (χ0n) is 13.2. The topological polar surface area (TPSA) is 49.4 Å². The molecular formula is C16H24N2O2S. The summed E-state index contributed by atoms with van der Waals surface area (Å²) < 4.78 is 0. The highest BCUT2D eigenvalue weighted by Gasteiger charge is 2.28. The van der Waals surface area contributed by atoms with Gasteiger partial charge in [0.1, 0.15) is 6.04 Å². The lowest BCUT2D eigenvalue weighted by atomic mass is 10.0. The van der Waals surface area contributed by atoms with E-state index in [0.29, 0.717) is 18.0 Å². The van der Waals surface area contributed by atoms with E-state index < -0.39 is 6.04 Å². The third-order valence-electron chi connectivity index (χ3n) is 3.12. The number of amides is 2. The molecule has 1 aromatic rings. The van der Waals surface area contributed by atoms with Gasteiger partial charge >= 0.3 is 0 Å². The number of thiophene rings is 1. The van der Waals surface area contributed by atoms with E-state index in [1.165, 1.54) is 11.3 Å². The van der Waals surface area contributed by atoms with Gasteiger partial charge in [-0.05, 0) is 31.2 Å². The van der Waals surface area contributed by atoms with Crippen molar-refractivity contribution in [1.82, 2.24) is 10.2 Å². The first-order valence-corrected chi connectivity index (χ1v) is 8.02. The minimum absolute atomic E-state index is 0.0283. The molecule has 21 heavy (non-hydrogen) atoms. The van der Waals surface area contributed by atoms with Crippen LogP contribution in [-0.4, -0.2) is 35.8 Å². The van der Waals surface area contributed by atoms with Crippen molar-refractivity contribution in [1.29, 1.82) is 0 Å². The molecule has 0 radical (unpaired) electrons. The van der Waals surface area contributed by atoms with E-state index in [0.717, 1.165) is 5.57 Å². The number of rotatable bonds is 7. The molecule has 1 atom stereocenters. The largest absolute Gasteiger partial charge is 0.339 e. The van der Waals surface area contributed by atoms with Crippen molar-refractivity contribution < 1.29 is 9.59 Å². The lowest BCUT2D eigenvalue weighted by molar-refractivity contribution is -0.133. The van der Waals surface area contributed by atoms with Crippen molar-refractivity contribution in [2.45, 2.75) is 33.7 Å². The van der Waals surface area contributed by atoms with Crippen molar-refractivity contribution >= 4 is 23.2 Å². The van der Waals surface area contributed by atoms with Crippen LogP contribution in [0, 0.1) is 5.92 Å². The molecular weight excluding hydrogens is 284 g/mol. The first-order chi connectivity index (χ1) is 9.86. The third kappa shape index (κ3) is 5.01. The minimum atomic E-state index is -0.515. The maximum atomic E-state index is 12.6. The summed E-state index contributed by atoms with van der Waals surface area (Å²) in [5.74, 6) is -0.218. The molecule has 116 valence electrons. The average molecular weight is 308 g/mol. The second-order valence-corrected chi connectivity index (χ2v) is 6.43. The maximum absolute atomic E-state index is 12.6. The summed E-state index contributed by atoms with van der Waals surface area (Å²) >= 11 is 1.37. The SMILES string of the molecule is C=C(C)CN(CC)C(=O)C(NC(=O)c1cccs1)C(C)C. The summed E-state index contributed by atoms with van der Waals surface area (Å²) in [5, 5.41) is 4.71. The molecule has 1 N–H and O–H groups in total. The van der Waals surface area contributed by atoms with Gasteiger partial charge < -0.3 is 10.2 Å². The Morgan fingerprint density at radius 1 is 1.43 bits per heavy atom. The second-order valence-electron chi connectivity index (χ2n) is 5.48. The summed E-state index contributed by atoms with van der Waals surface area (Å²) in [6.45, 7) is 12.7. The molecule has 0 fully saturated rings. The molecule has 0 saturated carbocycles. The van der Waals surface area contributed by atoms with E-state index in [2.05, 4.69) is 11.9 Å². The first kappa shape index (κ1) is 17.4. The highest BCUT2D eigenvalue weighted by molar-refractivity contribution is 7.12. The highest BCUT2D eigenvalue weighted by Crippen LogP contribution is 2.12. The number of hydrogen-bond acceptors (Lipinski definition) is 3. The van der Waals surface area contributed by atoms with Gasteiger partial charge in [-0.2, -0.15) is 0 Å². The van der Waals surface area contributed by atoms with Crippen LogP contribution in [0.25, 0.3) is 0 Å². The fraction of sp³-hybridized carbons (Fsp3) is 0.500. The molecule has 0 aliphatic carbocycles. The van der Waals surface area contributed by atoms with E-state index in [4.69, 9.17) is 0 Å². The van der Waals surface area contributed by atoms with Crippen molar-refractivity contribution in [2.75, 3.05) is 13.1 Å². The van der Waals surface area contributed by atoms with E-state index in [9.17, 15) is 9.59 Å². The molecule has 1 unspecified atom stereocenters. The molecule has 4 nitrogen and oxygen atoms in total. The Bertz CT molecular complexity index is 494. The molecule has 0 spiro atoms. The van der Waals surface area contributed by atoms with E-state index in [1.807, 2.05) is 39.1 Å². The predicted molar refractivity (Wildman–Crippen MR) is 87.5 cm³/mol. The van der Waals surface area contributed by atoms with Crippen molar-refractivity contribution in [3.63, 3.8) is 0 Å². The van der Waals surface area contributed by atoms with Gasteiger partial charge in [0, 0.05) is 13.1 Å². The Morgan fingerprint density at radius 3 is 2.52 bits per heavy atom. The van der Waals surface area contributed by atoms with Gasteiger partial charge in [-0.1, -0.05) is 32.1 Å². The van der Waals surface area contributed by atoms with Crippen LogP contribution in [0.1, 0.15) is 37.4 Å². The molecule has 1 heterocycles. The quantitative estimate of drug-likeness (QED) is 0.787. The third-order valence-corrected chi connectivity index (χ3v) is 3.99. The highest BCUT2D eigenvalue weighted by atomic mass is 32.1. The Kier molecular flexibility index (Phi) is 6.62. The van der Waals surface area contributed by atoms with Gasteiger partial charge in [0.05, 0.1) is 4.88 Å². The van der Waals surface area contributed by atoms with Crippen molar-refractivity contribution in [2.24, 2.45) is 5.92 Å². The van der Waals surface area contributed by atoms with E-state index in [-0.39, 0.29) is 17.7 Å². The van der Waals surface area contributed by atoms with Crippen LogP contribution in [0.2, 0.25) is 0 Å². The molecule has 0 saturated heterocycles. The molecule has 1 aromatic heterocycles. The van der Waals surface area contributed by atoms with Crippen molar-refractivity contribution in [3.8, 4) is 0 Å². The molecule has 0 aliphatic heterocycles. The zero-order chi connectivity index (χ0) is 16.0. The smallest absolute Gasteiger partial charge is 0.262 e. The molecule has 0 bridgehead atoms. The molecule has 2 amide bonds. The van der Waals surface area contributed by atoms with Crippen LogP contribution in [0.15, 0.2) is 29.7 Å². The van der Waals surface area contributed by atoms with Gasteiger partial charge in [-0.3, -0.25) is 9.59 Å². The standard InChI is InChI=1S/C16H24N2O2S/c1-6-18(10-11(2)3)16(20)14(12(4)5)17-15(19)13-8-7-9-21-13/h7-9,12,14H,2,6,10H2,1,3-5H3,(H,17,19). The number of carbonyl (C=O) groups excluding carboxylic acids is 2. The molecule has 0 aromatic carbocycles. The maximum Gasteiger partial charge on any atom is 0.262 e. The normalized spacial score (nSPS) is 12.0. The Balaban J connectivity index is 2.83. The monoisotopic (exact) mass is 308 g/mol. The lowest BCUT2D eigenvalue weighted by Gasteiger charge is -2.29. The van der Waals surface area contributed by atoms with Crippen LogP contribution < -0.4 is 5.32 Å². The fourth-order valence-electron chi connectivity index (χ4n) is 2.00. The summed E-state index contributed by atoms with van der Waals surface area (Å²) in [5.41, 5.74) is 0.928. The molecule has 1 rings (SSSR count). The summed E-state index contributed by atoms with van der Waals surface area (Å²) in [7, 11) is 0. The number of nitrogens with one attached hydrogen (secondary N) is 1. The van der Waals surface area contributed by atoms with E-state index >= 15 is 0 Å². The Morgan fingerprint density at radius 2 is 2.10 bits per heavy atom. The van der Waals surface area contributed by atoms with Crippen LogP contribution in [0.4, 0.5) is 0 Å². The number of likely N-dealkylation sites (N-methyl/N-ethyl adjacent to an activating group) is 1. The first-order valence-electron chi connectivity index (χ1n) is 7.14. The molecule has 5 heteroatoms. The number of nitrogens with zero attached hydrogens (tertiary/aromatic N) is 1. The van der Waals surface area contributed by atoms with Gasteiger partial charge in [0.2, 0.25) is 5.91 Å². The van der Waals surface area contributed by atoms with Gasteiger partial charge in [-0.25, -0.2) is 0 Å². The van der Waals surface area contributed by atoms with Gasteiger partial charge in [-0.15, -0.1) is 11.3 Å². The van der Waals surface area contributed by atoms with E-state index in [1.54, 1.807) is 11.0 Å². The van der Waals surface area contributed by atoms with Crippen LogP contribution in [-0.2, 0) is 4.79 Å². The molecule has 0 aliphatic rings. The minimum Gasteiger partial charge on any atom is -0.339 e. The summed E-state index contributed by atoms with van der Waals surface area (Å²) in [4.78, 5) is 27.1. The summed E-state index contributed by atoms with van der Waals surface area (Å²) in [6.07, 6.45) is 0. The average Bonchev–Trinajstić information content (AvgIpc) is 2.94. The van der Waals surface area contributed by atoms with Crippen LogP contribution in [0.5, 0.6) is 0 Å². The van der Waals surface area contributed by atoms with Gasteiger partial charge in [0.15, 0.2) is 0 Å². The lowest BCUT2D eigenvalue weighted by Crippen LogP contribution is -2.51. The predicted octanol–water partition coefficient (Wildman–Crippen LogP) is 2.93. The van der Waals surface area contributed by atoms with Crippen LogP contribution in [0.3, 0.4) is 0 Å². The summed E-state index contributed by atoms with van der Waals surface area (Å²) in [6, 6.07) is 3.07. The zero-order valence-corrected chi connectivity index (χ0v) is 14.0. The van der Waals surface area contributed by atoms with Gasteiger partial charge in [0.25, 0.3) is 5.91 Å². The fourth-order valence-corrected chi connectivity index (χ4v) is 2.63. The number of carbonyl (C=O) groups is 2. The van der Waals surface area contributed by atoms with Crippen LogP contribution >= 0.6 is 11.3 Å². The van der Waals surface area contributed by atoms with Crippen molar-refractivity contribution in [3.05, 3.63) is 34.5 Å². The Hall–Kier alpha value is -1.62.